The molecule has 2 amide bonds. The van der Waals surface area contributed by atoms with Gasteiger partial charge < -0.3 is 4.84 Å². The first kappa shape index (κ1) is 18.6. The van der Waals surface area contributed by atoms with E-state index in [1.54, 1.807) is 18.2 Å². The number of rotatable bonds is 2. The van der Waals surface area contributed by atoms with Gasteiger partial charge >= 0.3 is 0 Å². The number of imide groups is 1. The van der Waals surface area contributed by atoms with Crippen LogP contribution in [0.25, 0.3) is 0 Å². The van der Waals surface area contributed by atoms with Gasteiger partial charge in [-0.25, -0.2) is 4.90 Å². The van der Waals surface area contributed by atoms with Gasteiger partial charge in [-0.05, 0) is 30.3 Å². The van der Waals surface area contributed by atoms with Gasteiger partial charge in [-0.3, -0.25) is 9.59 Å². The van der Waals surface area contributed by atoms with E-state index in [1.807, 2.05) is 0 Å². The van der Waals surface area contributed by atoms with E-state index in [9.17, 15) is 9.59 Å². The summed E-state index contributed by atoms with van der Waals surface area (Å²) in [4.78, 5) is 32.1. The average molecular weight is 444 g/mol. The number of hydrogen-bond acceptors (Lipinski definition) is 4. The molecule has 138 valence electrons. The van der Waals surface area contributed by atoms with Crippen LogP contribution in [0, 0.1) is 0 Å². The van der Waals surface area contributed by atoms with E-state index < -0.39 is 17.4 Å². The van der Waals surface area contributed by atoms with Gasteiger partial charge in [0, 0.05) is 22.0 Å². The quantitative estimate of drug-likeness (QED) is 0.604. The molecule has 2 aromatic carbocycles. The maximum atomic E-state index is 13.1. The van der Waals surface area contributed by atoms with Gasteiger partial charge in [0.25, 0.3) is 5.91 Å². The minimum Gasteiger partial charge on any atom is -0.378 e. The molecule has 1 saturated heterocycles. The Hall–Kier alpha value is -1.79. The second kappa shape index (κ2) is 6.67. The molecule has 0 aromatic heterocycles. The van der Waals surface area contributed by atoms with Crippen LogP contribution in [-0.2, 0) is 14.4 Å². The molecule has 1 spiro atoms. The predicted molar refractivity (Wildman–Crippen MR) is 105 cm³/mol. The van der Waals surface area contributed by atoms with Crippen molar-refractivity contribution in [3.05, 3.63) is 62.1 Å². The van der Waals surface area contributed by atoms with Gasteiger partial charge in [0.05, 0.1) is 27.9 Å². The number of amides is 2. The van der Waals surface area contributed by atoms with Gasteiger partial charge in [-0.15, -0.1) is 0 Å². The summed E-state index contributed by atoms with van der Waals surface area (Å²) in [6, 6.07) is 9.53. The largest absolute Gasteiger partial charge is 0.378 e. The molecule has 0 bridgehead atoms. The average Bonchev–Trinajstić information content (AvgIpc) is 3.08. The third-order valence-electron chi connectivity index (χ3n) is 4.42. The molecule has 0 saturated carbocycles. The summed E-state index contributed by atoms with van der Waals surface area (Å²) in [5.41, 5.74) is -0.240. The highest BCUT2D eigenvalue weighted by Crippen LogP contribution is 2.41. The van der Waals surface area contributed by atoms with Crippen molar-refractivity contribution in [3.63, 3.8) is 0 Å². The van der Waals surface area contributed by atoms with Crippen LogP contribution in [-0.4, -0.2) is 23.1 Å². The summed E-state index contributed by atoms with van der Waals surface area (Å²) >= 11 is 24.4. The summed E-state index contributed by atoms with van der Waals surface area (Å²) < 4.78 is 0. The summed E-state index contributed by atoms with van der Waals surface area (Å²) in [6.07, 6.45) is -0.0864. The highest BCUT2D eigenvalue weighted by Gasteiger charge is 2.58. The lowest BCUT2D eigenvalue weighted by Gasteiger charge is -2.19. The standard InChI is InChI=1S/C18H10Cl4N2O3/c19-9-4-10(20)6-11(5-9)24-15(25)8-18(17(24)26)7-14(23-27-18)16-12(21)2-1-3-13(16)22/h1-6H,7-8H2. The number of anilines is 1. The van der Waals surface area contributed by atoms with E-state index in [0.29, 0.717) is 31.4 Å². The van der Waals surface area contributed by atoms with Crippen LogP contribution in [0.15, 0.2) is 41.6 Å². The zero-order valence-corrected chi connectivity index (χ0v) is 16.5. The number of benzene rings is 2. The molecule has 9 heteroatoms. The third kappa shape index (κ3) is 3.09. The Morgan fingerprint density at radius 1 is 0.963 bits per heavy atom. The molecule has 2 heterocycles. The smallest absolute Gasteiger partial charge is 0.281 e. The lowest BCUT2D eigenvalue weighted by Crippen LogP contribution is -2.40. The van der Waals surface area contributed by atoms with Crippen molar-refractivity contribution in [2.75, 3.05) is 4.90 Å². The van der Waals surface area contributed by atoms with Crippen LogP contribution < -0.4 is 4.90 Å². The van der Waals surface area contributed by atoms with Gasteiger partial charge in [0.15, 0.2) is 0 Å². The molecule has 0 N–H and O–H groups in total. The van der Waals surface area contributed by atoms with E-state index in [1.165, 1.54) is 18.2 Å². The second-order valence-corrected chi connectivity index (χ2v) is 7.92. The zero-order valence-electron chi connectivity index (χ0n) is 13.5. The van der Waals surface area contributed by atoms with Crippen molar-refractivity contribution in [1.29, 1.82) is 0 Å². The molecule has 0 radical (unpaired) electrons. The van der Waals surface area contributed by atoms with Crippen molar-refractivity contribution < 1.29 is 14.4 Å². The topological polar surface area (TPSA) is 59.0 Å². The molecule has 1 atom stereocenters. The minimum atomic E-state index is -1.43. The van der Waals surface area contributed by atoms with E-state index in [-0.39, 0.29) is 18.5 Å². The molecule has 2 aromatic rings. The molecule has 5 nitrogen and oxygen atoms in total. The fraction of sp³-hybridized carbons (Fsp3) is 0.167. The fourth-order valence-electron chi connectivity index (χ4n) is 3.24. The number of carbonyl (C=O) groups excluding carboxylic acids is 2. The first-order chi connectivity index (χ1) is 12.8. The maximum Gasteiger partial charge on any atom is 0.281 e. The Morgan fingerprint density at radius 2 is 1.59 bits per heavy atom. The van der Waals surface area contributed by atoms with Crippen molar-refractivity contribution in [3.8, 4) is 0 Å². The van der Waals surface area contributed by atoms with E-state index in [2.05, 4.69) is 5.16 Å². The Morgan fingerprint density at radius 3 is 2.22 bits per heavy atom. The highest BCUT2D eigenvalue weighted by molar-refractivity contribution is 6.40. The predicted octanol–water partition coefficient (Wildman–Crippen LogP) is 5.13. The Labute approximate surface area is 174 Å². The maximum absolute atomic E-state index is 13.1. The number of oxime groups is 1. The first-order valence-corrected chi connectivity index (χ1v) is 9.35. The monoisotopic (exact) mass is 442 g/mol. The molecule has 27 heavy (non-hydrogen) atoms. The number of halogens is 4. The van der Waals surface area contributed by atoms with Gasteiger partial charge in [0.1, 0.15) is 0 Å². The third-order valence-corrected chi connectivity index (χ3v) is 5.49. The van der Waals surface area contributed by atoms with Crippen LogP contribution in [0.1, 0.15) is 18.4 Å². The van der Waals surface area contributed by atoms with Crippen molar-refractivity contribution in [1.82, 2.24) is 0 Å². The molecule has 1 unspecified atom stereocenters. The second-order valence-electron chi connectivity index (χ2n) is 6.24. The first-order valence-electron chi connectivity index (χ1n) is 7.84. The van der Waals surface area contributed by atoms with E-state index in [0.717, 1.165) is 4.90 Å². The molecular formula is C18H10Cl4N2O3. The number of carbonyl (C=O) groups is 2. The summed E-state index contributed by atoms with van der Waals surface area (Å²) in [7, 11) is 0. The van der Waals surface area contributed by atoms with E-state index >= 15 is 0 Å². The molecule has 0 aliphatic carbocycles. The minimum absolute atomic E-state index is 0.0752. The fourth-order valence-corrected chi connectivity index (χ4v) is 4.37. The molecule has 2 aliphatic rings. The lowest BCUT2D eigenvalue weighted by molar-refractivity contribution is -0.136. The van der Waals surface area contributed by atoms with Crippen LogP contribution in [0.3, 0.4) is 0 Å². The van der Waals surface area contributed by atoms with Gasteiger partial charge in [0.2, 0.25) is 11.5 Å². The summed E-state index contributed by atoms with van der Waals surface area (Å²) in [5.74, 6) is -0.965. The summed E-state index contributed by atoms with van der Waals surface area (Å²) in [6.45, 7) is 0. The summed E-state index contributed by atoms with van der Waals surface area (Å²) in [5, 5.41) is 5.40. The van der Waals surface area contributed by atoms with Gasteiger partial charge in [-0.2, -0.15) is 0 Å². The van der Waals surface area contributed by atoms with Crippen molar-refractivity contribution >= 4 is 69.6 Å². The van der Waals surface area contributed by atoms with E-state index in [4.69, 9.17) is 51.2 Å². The Balaban J connectivity index is 1.67. The highest BCUT2D eigenvalue weighted by atomic mass is 35.5. The van der Waals surface area contributed by atoms with Crippen LogP contribution in [0.5, 0.6) is 0 Å². The van der Waals surface area contributed by atoms with Gasteiger partial charge in [-0.1, -0.05) is 57.6 Å². The Kier molecular flexibility index (Phi) is 4.59. The molecular weight excluding hydrogens is 434 g/mol. The lowest BCUT2D eigenvalue weighted by atomic mass is 9.92. The van der Waals surface area contributed by atoms with Crippen molar-refractivity contribution in [2.24, 2.45) is 5.16 Å². The molecule has 1 fully saturated rings. The van der Waals surface area contributed by atoms with Crippen LogP contribution in [0.2, 0.25) is 20.1 Å². The Bertz CT molecular complexity index is 983. The zero-order chi connectivity index (χ0) is 19.3. The normalized spacial score (nSPS) is 21.8. The van der Waals surface area contributed by atoms with Crippen LogP contribution in [0.4, 0.5) is 5.69 Å². The SMILES string of the molecule is O=C1CC2(CC(c3c(Cl)cccc3Cl)=NO2)C(=O)N1c1cc(Cl)cc(Cl)c1. The number of nitrogens with zero attached hydrogens (tertiary/aromatic N) is 2. The molecule has 4 rings (SSSR count). The van der Waals surface area contributed by atoms with Crippen LogP contribution >= 0.6 is 46.4 Å². The molecule has 2 aliphatic heterocycles. The van der Waals surface area contributed by atoms with Crippen molar-refractivity contribution in [2.45, 2.75) is 18.4 Å². The number of hydrogen-bond donors (Lipinski definition) is 0.